The van der Waals surface area contributed by atoms with Gasteiger partial charge >= 0.3 is 61.6 Å². The Kier molecular flexibility index (Phi) is 13.0. The van der Waals surface area contributed by atoms with E-state index in [4.69, 9.17) is 0 Å². The molecule has 1 atom stereocenters. The van der Waals surface area contributed by atoms with Gasteiger partial charge in [-0.1, -0.05) is 7.43 Å². The topological polar surface area (TPSA) is 54.7 Å². The Morgan fingerprint density at radius 1 is 1.33 bits per heavy atom. The van der Waals surface area contributed by atoms with Crippen LogP contribution in [0.15, 0.2) is 0 Å². The van der Waals surface area contributed by atoms with Crippen LogP contribution < -0.4 is 0 Å². The maximum atomic E-state index is 12.1. The largest absolute Gasteiger partial charge is 0 e. The first-order valence-electron chi connectivity index (χ1n) is 5.06. The van der Waals surface area contributed by atoms with Gasteiger partial charge in [0.1, 0.15) is 6.54 Å². The van der Waals surface area contributed by atoms with Crippen LogP contribution in [0, 0.1) is 0 Å². The first-order chi connectivity index (χ1) is 8.81. The number of hydrogen-bond acceptors (Lipinski definition) is 2. The van der Waals surface area contributed by atoms with E-state index in [0.717, 1.165) is 4.90 Å². The number of hydrogen-bond donors (Lipinski definition) is 0. The summed E-state index contributed by atoms with van der Waals surface area (Å²) in [6, 6.07) is -1.69. The molecule has 0 saturated carbocycles. The van der Waals surface area contributed by atoms with Gasteiger partial charge in [0.05, 0.1) is 6.04 Å². The molecule has 0 spiro atoms. The Labute approximate surface area is 164 Å². The van der Waals surface area contributed by atoms with Gasteiger partial charge in [-0.2, -0.15) is 13.2 Å². The predicted molar refractivity (Wildman–Crippen MR) is 81.5 cm³/mol. The fourth-order valence-electron chi connectivity index (χ4n) is 1.84. The van der Waals surface area contributed by atoms with Crippen LogP contribution in [0.3, 0.4) is 0 Å². The van der Waals surface area contributed by atoms with Crippen molar-refractivity contribution in [1.29, 1.82) is 0 Å². The number of halogens is 5. The molecule has 2 saturated heterocycles. The minimum absolute atomic E-state index is 0. The van der Waals surface area contributed by atoms with Crippen molar-refractivity contribution >= 4 is 51.9 Å². The number of alkyl halides is 3. The van der Waals surface area contributed by atoms with Gasteiger partial charge < -0.3 is 10.2 Å². The number of piperazine rings is 1. The smallest absolute Gasteiger partial charge is 0 e. The summed E-state index contributed by atoms with van der Waals surface area (Å²) in [6.45, 7) is -0.838. The molecule has 0 N–H and O–H groups in total. The molecule has 0 aromatic heterocycles. The van der Waals surface area contributed by atoms with E-state index >= 15 is 0 Å². The molecule has 127 valence electrons. The average Bonchev–Trinajstić information content (AvgIpc) is 2.55. The van der Waals surface area contributed by atoms with Gasteiger partial charge in [-0.3, -0.25) is 9.69 Å². The van der Waals surface area contributed by atoms with Gasteiger partial charge in [-0.15, -0.1) is 13.1 Å². The molecule has 12 heteroatoms. The quantitative estimate of drug-likeness (QED) is 0.306. The number of rotatable bonds is 1. The number of carbonyl (C=O) groups is 2. The number of fused-ring (bicyclic) bond motifs is 1. The number of carbonyl (C=O) groups excluding carboxylic acids is 2. The van der Waals surface area contributed by atoms with Gasteiger partial charge in [-0.05, 0) is 0 Å². The summed E-state index contributed by atoms with van der Waals surface area (Å²) in [7, 11) is 0.628. The van der Waals surface area contributed by atoms with Crippen LogP contribution in [-0.4, -0.2) is 60.1 Å². The van der Waals surface area contributed by atoms with Gasteiger partial charge in [0, 0.05) is 27.6 Å². The van der Waals surface area contributed by atoms with E-state index in [1.165, 1.54) is 0 Å². The third-order valence-corrected chi connectivity index (χ3v) is 2.54. The monoisotopic (exact) mass is 752 g/mol. The van der Waals surface area contributed by atoms with Crippen molar-refractivity contribution in [2.75, 3.05) is 26.2 Å². The third-order valence-electron chi connectivity index (χ3n) is 2.54. The number of imide groups is 1. The van der Waals surface area contributed by atoms with Gasteiger partial charge in [0.15, 0.2) is 0 Å². The molecule has 21 heavy (non-hydrogen) atoms. The second kappa shape index (κ2) is 11.1. The van der Waals surface area contributed by atoms with E-state index in [0.29, 0.717) is 16.0 Å². The maximum absolute atomic E-state index is 12.1. The SMILES string of the molecule is C.O=C1C2C[N-]CCN2C(=O)N1CC(F)(F)F.[I][V][I].[Pt]. The van der Waals surface area contributed by atoms with Crippen molar-refractivity contribution in [1.82, 2.24) is 9.80 Å². The van der Waals surface area contributed by atoms with E-state index in [2.05, 4.69) is 45.3 Å². The molecule has 3 amide bonds. The molecule has 5 nitrogen and oxygen atoms in total. The first-order valence-corrected chi connectivity index (χ1v) is 14.1. The van der Waals surface area contributed by atoms with E-state index in [9.17, 15) is 22.8 Å². The summed E-state index contributed by atoms with van der Waals surface area (Å²) in [4.78, 5) is 24.5. The normalized spacial score (nSPS) is 20.7. The molecule has 0 aromatic rings. The standard InChI is InChI=1S/C8H9F3N3O2.CH4.2HI.Pt.V/c9-8(10,11)4-14-6(15)5-3-12-1-2-13(5)7(14)16;;;;;/h5H,1-4H2;1H4;2*1H;;/q-1;;;;;+2/p-2. The Bertz CT molecular complexity index is 342. The predicted octanol–water partition coefficient (Wildman–Crippen LogP) is 2.97. The number of amides is 3. The van der Waals surface area contributed by atoms with Crippen LogP contribution >= 0.6 is 40.0 Å². The molecule has 0 radical (unpaired) electrons. The summed E-state index contributed by atoms with van der Waals surface area (Å²) >= 11 is 4.74. The molecule has 0 aromatic carbocycles. The molecule has 2 aliphatic rings. The van der Waals surface area contributed by atoms with E-state index in [-0.39, 0.29) is 46.5 Å². The molecule has 2 heterocycles. The summed E-state index contributed by atoms with van der Waals surface area (Å²) in [6.07, 6.45) is -4.56. The van der Waals surface area contributed by atoms with Gasteiger partial charge in [-0.25, -0.2) is 4.79 Å². The van der Waals surface area contributed by atoms with E-state index < -0.39 is 30.7 Å². The Hall–Kier alpha value is 1.42. The minimum Gasteiger partial charge on any atom is 0 e. The van der Waals surface area contributed by atoms with Crippen LogP contribution in [0.4, 0.5) is 18.0 Å². The van der Waals surface area contributed by atoms with Crippen molar-refractivity contribution in [3.8, 4) is 0 Å². The summed E-state index contributed by atoms with van der Waals surface area (Å²) in [5.41, 5.74) is 0. The molecule has 0 bridgehead atoms. The van der Waals surface area contributed by atoms with Crippen LogP contribution in [0.2, 0.25) is 0 Å². The van der Waals surface area contributed by atoms with Crippen molar-refractivity contribution in [3.63, 3.8) is 0 Å². The van der Waals surface area contributed by atoms with Crippen molar-refractivity contribution in [3.05, 3.63) is 5.32 Å². The van der Waals surface area contributed by atoms with E-state index in [1.54, 1.807) is 0 Å². The van der Waals surface area contributed by atoms with Crippen LogP contribution in [0.25, 0.3) is 5.32 Å². The summed E-state index contributed by atoms with van der Waals surface area (Å²) in [5.74, 6) is -0.800. The van der Waals surface area contributed by atoms with Crippen molar-refractivity contribution < 1.29 is 53.3 Å². The Morgan fingerprint density at radius 2 is 1.86 bits per heavy atom. The molecule has 2 fully saturated rings. The maximum Gasteiger partial charge on any atom is 0 e. The molecular weight excluding hydrogens is 739 g/mol. The number of nitrogens with zero attached hydrogens (tertiary/aromatic N) is 3. The second-order valence-corrected chi connectivity index (χ2v) is 15.5. The minimum atomic E-state index is -4.56. The van der Waals surface area contributed by atoms with Crippen molar-refractivity contribution in [2.45, 2.75) is 19.6 Å². The van der Waals surface area contributed by atoms with Crippen LogP contribution in [-0.2, 0) is 35.3 Å². The van der Waals surface area contributed by atoms with Gasteiger partial charge in [0.25, 0.3) is 5.91 Å². The summed E-state index contributed by atoms with van der Waals surface area (Å²) < 4.78 is 36.4. The molecule has 0 aliphatic carbocycles. The molecular formula is C9H13F3I2N3O2PtV-. The first kappa shape index (κ1) is 24.7. The van der Waals surface area contributed by atoms with Crippen LogP contribution in [0.1, 0.15) is 7.43 Å². The molecule has 1 unspecified atom stereocenters. The fraction of sp³-hybridized carbons (Fsp3) is 0.778. The van der Waals surface area contributed by atoms with Crippen LogP contribution in [0.5, 0.6) is 0 Å². The fourth-order valence-corrected chi connectivity index (χ4v) is 1.84. The van der Waals surface area contributed by atoms with Gasteiger partial charge in [0.2, 0.25) is 0 Å². The third kappa shape index (κ3) is 7.23. The zero-order valence-corrected chi connectivity index (χ0v) is 17.7. The zero-order chi connectivity index (χ0) is 14.6. The summed E-state index contributed by atoms with van der Waals surface area (Å²) in [5, 5.41) is 3.91. The second-order valence-electron chi connectivity index (χ2n) is 3.73. The average molecular weight is 752 g/mol. The van der Waals surface area contributed by atoms with Crippen molar-refractivity contribution in [2.24, 2.45) is 0 Å². The zero-order valence-electron chi connectivity index (χ0n) is 9.72. The molecule has 2 rings (SSSR count). The number of urea groups is 1. The van der Waals surface area contributed by atoms with E-state index in [1.807, 2.05) is 0 Å². The Balaban J connectivity index is 0. The molecule has 2 aliphatic heterocycles. The Morgan fingerprint density at radius 3 is 2.29 bits per heavy atom.